The van der Waals surface area contributed by atoms with Crippen LogP contribution in [0.1, 0.15) is 23.3 Å². The van der Waals surface area contributed by atoms with Gasteiger partial charge in [-0.1, -0.05) is 23.4 Å². The highest BCUT2D eigenvalue weighted by molar-refractivity contribution is 5.91. The Morgan fingerprint density at radius 1 is 1.40 bits per heavy atom. The number of ether oxygens (including phenoxy) is 1. The molecule has 0 radical (unpaired) electrons. The zero-order chi connectivity index (χ0) is 17.5. The molecule has 1 atom stereocenters. The first-order valence-electron chi connectivity index (χ1n) is 8.76. The van der Waals surface area contributed by atoms with E-state index in [0.29, 0.717) is 24.8 Å². The van der Waals surface area contributed by atoms with Crippen LogP contribution in [0.15, 0.2) is 36.5 Å². The average molecular weight is 343 g/mol. The maximum atomic E-state index is 12.4. The summed E-state index contributed by atoms with van der Waals surface area (Å²) in [6.07, 6.45) is 4.12. The summed E-state index contributed by atoms with van der Waals surface area (Å²) in [5.41, 5.74) is 0.381. The molecule has 2 heterocycles. The number of hydrogen-bond donors (Lipinski definition) is 1. The summed E-state index contributed by atoms with van der Waals surface area (Å²) in [5.74, 6) is 1.22. The predicted octanol–water partition coefficient (Wildman–Crippen LogP) is 1.43. The van der Waals surface area contributed by atoms with E-state index in [0.717, 1.165) is 25.4 Å². The summed E-state index contributed by atoms with van der Waals surface area (Å²) in [7, 11) is 1.75. The van der Waals surface area contributed by atoms with E-state index in [1.165, 1.54) is 12.8 Å². The third-order valence-corrected chi connectivity index (χ3v) is 4.39. The van der Waals surface area contributed by atoms with Gasteiger partial charge in [0, 0.05) is 13.6 Å². The van der Waals surface area contributed by atoms with E-state index in [4.69, 9.17) is 4.74 Å². The van der Waals surface area contributed by atoms with Gasteiger partial charge in [0.15, 0.2) is 5.69 Å². The summed E-state index contributed by atoms with van der Waals surface area (Å²) in [6.45, 7) is 3.82. The standard InChI is InChI=1S/C18H25N5O2/c1-22(10-11-25-16-7-3-2-4-8-16)18(24)17-14-23(21-20-17)13-15-6-5-9-19-12-15/h2-4,7-8,14-15,19H,5-6,9-13H2,1H3/t15-/m1/s1. The zero-order valence-electron chi connectivity index (χ0n) is 14.6. The van der Waals surface area contributed by atoms with Crippen molar-refractivity contribution < 1.29 is 9.53 Å². The third kappa shape index (κ3) is 5.03. The first-order valence-corrected chi connectivity index (χ1v) is 8.76. The van der Waals surface area contributed by atoms with Crippen LogP contribution in [0.5, 0.6) is 5.75 Å². The molecule has 0 bridgehead atoms. The molecule has 7 heteroatoms. The Balaban J connectivity index is 1.46. The lowest BCUT2D eigenvalue weighted by molar-refractivity contribution is 0.0768. The average Bonchev–Trinajstić information content (AvgIpc) is 3.11. The molecule has 1 N–H and O–H groups in total. The molecule has 1 aliphatic rings. The van der Waals surface area contributed by atoms with Gasteiger partial charge in [0.05, 0.1) is 12.7 Å². The lowest BCUT2D eigenvalue weighted by Crippen LogP contribution is -2.32. The second-order valence-electron chi connectivity index (χ2n) is 6.43. The van der Waals surface area contributed by atoms with Crippen LogP contribution in [0.2, 0.25) is 0 Å². The number of aromatic nitrogens is 3. The number of carbonyl (C=O) groups is 1. The Kier molecular flexibility index (Phi) is 6.00. The van der Waals surface area contributed by atoms with E-state index in [2.05, 4.69) is 15.6 Å². The molecule has 2 aromatic rings. The quantitative estimate of drug-likeness (QED) is 0.823. The van der Waals surface area contributed by atoms with E-state index in [1.54, 1.807) is 22.8 Å². The molecular weight excluding hydrogens is 318 g/mol. The fourth-order valence-corrected chi connectivity index (χ4v) is 2.94. The second-order valence-corrected chi connectivity index (χ2v) is 6.43. The second kappa shape index (κ2) is 8.62. The van der Waals surface area contributed by atoms with Crippen molar-refractivity contribution in [1.29, 1.82) is 0 Å². The molecule has 1 saturated heterocycles. The Hall–Kier alpha value is -2.41. The van der Waals surface area contributed by atoms with Crippen LogP contribution in [0.3, 0.4) is 0 Å². The molecule has 1 aromatic carbocycles. The number of nitrogens with zero attached hydrogens (tertiary/aromatic N) is 4. The molecule has 25 heavy (non-hydrogen) atoms. The lowest BCUT2D eigenvalue weighted by Gasteiger charge is -2.22. The van der Waals surface area contributed by atoms with Crippen LogP contribution in [0.25, 0.3) is 0 Å². The lowest BCUT2D eigenvalue weighted by atomic mass is 10.00. The van der Waals surface area contributed by atoms with Crippen LogP contribution in [-0.4, -0.2) is 59.1 Å². The molecule has 0 unspecified atom stereocenters. The van der Waals surface area contributed by atoms with Crippen molar-refractivity contribution in [3.05, 3.63) is 42.2 Å². The Morgan fingerprint density at radius 3 is 3.00 bits per heavy atom. The van der Waals surface area contributed by atoms with Gasteiger partial charge in [0.25, 0.3) is 5.91 Å². The van der Waals surface area contributed by atoms with E-state index in [1.807, 2.05) is 30.3 Å². The highest BCUT2D eigenvalue weighted by Gasteiger charge is 2.18. The number of benzene rings is 1. The van der Waals surface area contributed by atoms with Crippen molar-refractivity contribution in [1.82, 2.24) is 25.2 Å². The van der Waals surface area contributed by atoms with E-state index < -0.39 is 0 Å². The topological polar surface area (TPSA) is 72.3 Å². The Bertz CT molecular complexity index is 667. The molecule has 7 nitrogen and oxygen atoms in total. The maximum absolute atomic E-state index is 12.4. The first kappa shape index (κ1) is 17.4. The number of nitrogens with one attached hydrogen (secondary N) is 1. The van der Waals surface area contributed by atoms with E-state index in [9.17, 15) is 4.79 Å². The SMILES string of the molecule is CN(CCOc1ccccc1)C(=O)c1cn(C[C@@H]2CCCNC2)nn1. The van der Waals surface area contributed by atoms with Crippen LogP contribution in [0, 0.1) is 5.92 Å². The van der Waals surface area contributed by atoms with Gasteiger partial charge < -0.3 is 15.0 Å². The van der Waals surface area contributed by atoms with Gasteiger partial charge in [-0.15, -0.1) is 5.10 Å². The maximum Gasteiger partial charge on any atom is 0.275 e. The van der Waals surface area contributed by atoms with Crippen LogP contribution in [0.4, 0.5) is 0 Å². The normalized spacial score (nSPS) is 17.2. The molecule has 0 aliphatic carbocycles. The number of likely N-dealkylation sites (N-methyl/N-ethyl adjacent to an activating group) is 1. The van der Waals surface area contributed by atoms with Crippen LogP contribution < -0.4 is 10.1 Å². The summed E-state index contributed by atoms with van der Waals surface area (Å²) in [4.78, 5) is 14.0. The largest absolute Gasteiger partial charge is 0.492 e. The Morgan fingerprint density at radius 2 is 2.24 bits per heavy atom. The minimum absolute atomic E-state index is 0.135. The fraction of sp³-hybridized carbons (Fsp3) is 0.500. The fourth-order valence-electron chi connectivity index (χ4n) is 2.94. The molecule has 1 fully saturated rings. The van der Waals surface area contributed by atoms with Crippen molar-refractivity contribution in [2.45, 2.75) is 19.4 Å². The smallest absolute Gasteiger partial charge is 0.275 e. The molecule has 0 spiro atoms. The summed E-state index contributed by atoms with van der Waals surface area (Å²) >= 11 is 0. The van der Waals surface area contributed by atoms with Crippen molar-refractivity contribution in [3.8, 4) is 5.75 Å². The molecule has 1 aliphatic heterocycles. The first-order chi connectivity index (χ1) is 12.2. The number of amides is 1. The van der Waals surface area contributed by atoms with Gasteiger partial charge in [-0.25, -0.2) is 0 Å². The van der Waals surface area contributed by atoms with Gasteiger partial charge in [-0.05, 0) is 44.0 Å². The van der Waals surface area contributed by atoms with E-state index >= 15 is 0 Å². The van der Waals surface area contributed by atoms with Crippen LogP contribution >= 0.6 is 0 Å². The summed E-state index contributed by atoms with van der Waals surface area (Å²) in [5, 5.41) is 11.5. The molecule has 1 amide bonds. The number of hydrogen-bond acceptors (Lipinski definition) is 5. The zero-order valence-corrected chi connectivity index (χ0v) is 14.6. The molecule has 3 rings (SSSR count). The monoisotopic (exact) mass is 343 g/mol. The van der Waals surface area contributed by atoms with Crippen molar-refractivity contribution in [3.63, 3.8) is 0 Å². The third-order valence-electron chi connectivity index (χ3n) is 4.39. The van der Waals surface area contributed by atoms with Gasteiger partial charge in [-0.2, -0.15) is 0 Å². The van der Waals surface area contributed by atoms with Crippen molar-refractivity contribution in [2.75, 3.05) is 33.3 Å². The minimum atomic E-state index is -0.135. The highest BCUT2D eigenvalue weighted by Crippen LogP contribution is 2.12. The molecule has 134 valence electrons. The van der Waals surface area contributed by atoms with Crippen molar-refractivity contribution in [2.24, 2.45) is 5.92 Å². The summed E-state index contributed by atoms with van der Waals surface area (Å²) in [6, 6.07) is 9.57. The van der Waals surface area contributed by atoms with Gasteiger partial charge >= 0.3 is 0 Å². The van der Waals surface area contributed by atoms with Crippen LogP contribution in [-0.2, 0) is 6.54 Å². The minimum Gasteiger partial charge on any atom is -0.492 e. The van der Waals surface area contributed by atoms with Crippen molar-refractivity contribution >= 4 is 5.91 Å². The van der Waals surface area contributed by atoms with E-state index in [-0.39, 0.29) is 5.91 Å². The number of para-hydroxylation sites is 1. The highest BCUT2D eigenvalue weighted by atomic mass is 16.5. The molecular formula is C18H25N5O2. The van der Waals surface area contributed by atoms with Gasteiger partial charge in [-0.3, -0.25) is 9.48 Å². The number of carbonyl (C=O) groups excluding carboxylic acids is 1. The number of piperidine rings is 1. The van der Waals surface area contributed by atoms with Gasteiger partial charge in [0.2, 0.25) is 0 Å². The predicted molar refractivity (Wildman–Crippen MR) is 94.5 cm³/mol. The van der Waals surface area contributed by atoms with Gasteiger partial charge in [0.1, 0.15) is 12.4 Å². The molecule has 1 aromatic heterocycles. The summed E-state index contributed by atoms with van der Waals surface area (Å²) < 4.78 is 7.40. The molecule has 0 saturated carbocycles. The Labute approximate surface area is 148 Å². The number of rotatable bonds is 7.